The minimum atomic E-state index is -0.351. The second kappa shape index (κ2) is 8.63. The fourth-order valence-corrected chi connectivity index (χ4v) is 2.22. The van der Waals surface area contributed by atoms with Crippen LogP contribution in [0.3, 0.4) is 0 Å². The number of amides is 3. The minimum Gasteiger partial charge on any atom is -0.347 e. The van der Waals surface area contributed by atoms with Crippen LogP contribution in [0.4, 0.5) is 5.69 Å². The Hall–Kier alpha value is -3.15. The summed E-state index contributed by atoms with van der Waals surface area (Å²) in [6.07, 6.45) is 0.223. The van der Waals surface area contributed by atoms with Crippen LogP contribution in [-0.2, 0) is 16.0 Å². The molecule has 0 aliphatic carbocycles. The minimum absolute atomic E-state index is 0.127. The Balaban J connectivity index is 1.85. The summed E-state index contributed by atoms with van der Waals surface area (Å²) in [7, 11) is 3.33. The van der Waals surface area contributed by atoms with Gasteiger partial charge in [0.1, 0.15) is 0 Å². The fraction of sp³-hybridized carbons (Fsp3) is 0.211. The normalized spacial score (nSPS) is 10.0. The zero-order chi connectivity index (χ0) is 18.2. The number of rotatable bonds is 6. The number of anilines is 1. The highest BCUT2D eigenvalue weighted by atomic mass is 16.2. The first-order chi connectivity index (χ1) is 12.0. The summed E-state index contributed by atoms with van der Waals surface area (Å²) < 4.78 is 0. The number of hydrogen-bond acceptors (Lipinski definition) is 3. The van der Waals surface area contributed by atoms with Crippen molar-refractivity contribution in [2.45, 2.75) is 6.42 Å². The molecule has 0 spiro atoms. The average molecular weight is 339 g/mol. The van der Waals surface area contributed by atoms with Gasteiger partial charge >= 0.3 is 0 Å². The van der Waals surface area contributed by atoms with Crippen LogP contribution in [-0.4, -0.2) is 43.3 Å². The van der Waals surface area contributed by atoms with Crippen LogP contribution in [0.25, 0.3) is 0 Å². The molecular weight excluding hydrogens is 318 g/mol. The summed E-state index contributed by atoms with van der Waals surface area (Å²) in [5, 5.41) is 5.25. The molecule has 6 nitrogen and oxygen atoms in total. The van der Waals surface area contributed by atoms with E-state index in [1.54, 1.807) is 38.4 Å². The van der Waals surface area contributed by atoms with E-state index < -0.39 is 0 Å². The highest BCUT2D eigenvalue weighted by molar-refractivity contribution is 5.98. The molecular formula is C19H21N3O3. The lowest BCUT2D eigenvalue weighted by Gasteiger charge is -2.12. The molecule has 6 heteroatoms. The van der Waals surface area contributed by atoms with E-state index in [1.807, 2.05) is 30.3 Å². The smallest absolute Gasteiger partial charge is 0.253 e. The Labute approximate surface area is 146 Å². The Morgan fingerprint density at radius 1 is 0.920 bits per heavy atom. The first-order valence-electron chi connectivity index (χ1n) is 7.88. The molecule has 0 saturated heterocycles. The zero-order valence-corrected chi connectivity index (χ0v) is 14.3. The number of hydrogen-bond donors (Lipinski definition) is 2. The van der Waals surface area contributed by atoms with Gasteiger partial charge in [0.15, 0.2) is 0 Å². The molecule has 0 unspecified atom stereocenters. The third kappa shape index (κ3) is 5.76. The Kier molecular flexibility index (Phi) is 6.28. The summed E-state index contributed by atoms with van der Waals surface area (Å²) in [6, 6.07) is 16.0. The molecule has 130 valence electrons. The van der Waals surface area contributed by atoms with E-state index in [0.29, 0.717) is 11.3 Å². The van der Waals surface area contributed by atoms with Crippen LogP contribution in [0, 0.1) is 0 Å². The maximum Gasteiger partial charge on any atom is 0.253 e. The van der Waals surface area contributed by atoms with Gasteiger partial charge in [-0.3, -0.25) is 14.4 Å². The first kappa shape index (κ1) is 18.2. The van der Waals surface area contributed by atoms with Gasteiger partial charge in [0.05, 0.1) is 13.0 Å². The number of benzene rings is 2. The molecule has 0 saturated carbocycles. The van der Waals surface area contributed by atoms with Gasteiger partial charge in [-0.2, -0.15) is 0 Å². The van der Waals surface area contributed by atoms with E-state index in [9.17, 15) is 14.4 Å². The number of carbonyl (C=O) groups excluding carboxylic acids is 3. The summed E-state index contributed by atoms with van der Waals surface area (Å²) in [5.41, 5.74) is 1.88. The number of nitrogens with one attached hydrogen (secondary N) is 2. The van der Waals surface area contributed by atoms with E-state index in [2.05, 4.69) is 10.6 Å². The topological polar surface area (TPSA) is 78.5 Å². The van der Waals surface area contributed by atoms with Crippen LogP contribution >= 0.6 is 0 Å². The largest absolute Gasteiger partial charge is 0.347 e. The van der Waals surface area contributed by atoms with Crippen molar-refractivity contribution in [2.75, 3.05) is 26.0 Å². The quantitative estimate of drug-likeness (QED) is 0.840. The lowest BCUT2D eigenvalue weighted by atomic mass is 10.1. The molecule has 0 fully saturated rings. The highest BCUT2D eigenvalue weighted by Gasteiger charge is 2.10. The molecule has 0 aliphatic heterocycles. The molecule has 2 rings (SSSR count). The monoisotopic (exact) mass is 339 g/mol. The molecule has 0 aliphatic rings. The first-order valence-corrected chi connectivity index (χ1v) is 7.88. The summed E-state index contributed by atoms with van der Waals surface area (Å²) in [4.78, 5) is 37.2. The fourth-order valence-electron chi connectivity index (χ4n) is 2.22. The van der Waals surface area contributed by atoms with Gasteiger partial charge in [0.2, 0.25) is 11.8 Å². The molecule has 2 N–H and O–H groups in total. The Morgan fingerprint density at radius 3 is 2.32 bits per heavy atom. The molecule has 0 heterocycles. The van der Waals surface area contributed by atoms with Crippen LogP contribution in [0.2, 0.25) is 0 Å². The lowest BCUT2D eigenvalue weighted by Crippen LogP contribution is -2.33. The number of nitrogens with zero attached hydrogens (tertiary/aromatic N) is 1. The van der Waals surface area contributed by atoms with Crippen molar-refractivity contribution < 1.29 is 14.4 Å². The molecule has 0 aromatic heterocycles. The molecule has 25 heavy (non-hydrogen) atoms. The van der Waals surface area contributed by atoms with E-state index >= 15 is 0 Å². The van der Waals surface area contributed by atoms with Gasteiger partial charge in [-0.15, -0.1) is 0 Å². The van der Waals surface area contributed by atoms with Crippen molar-refractivity contribution in [2.24, 2.45) is 0 Å². The Bertz CT molecular complexity index is 758. The second-order valence-corrected chi connectivity index (χ2v) is 5.77. The summed E-state index contributed by atoms with van der Waals surface area (Å²) in [6.45, 7) is -0.127. The molecule has 2 aromatic carbocycles. The standard InChI is InChI=1S/C19H21N3O3/c1-22(2)19(25)15-9-6-10-16(12-15)21-18(24)13-20-17(23)11-14-7-4-3-5-8-14/h3-10,12H,11,13H2,1-2H3,(H,20,23)(H,21,24). The van der Waals surface area contributed by atoms with Gasteiger partial charge in [-0.05, 0) is 23.8 Å². The van der Waals surface area contributed by atoms with Crippen LogP contribution in [0.5, 0.6) is 0 Å². The van der Waals surface area contributed by atoms with Crippen molar-refractivity contribution in [3.63, 3.8) is 0 Å². The van der Waals surface area contributed by atoms with Crippen molar-refractivity contribution in [1.82, 2.24) is 10.2 Å². The molecule has 0 atom stereocenters. The van der Waals surface area contributed by atoms with Crippen molar-refractivity contribution in [1.29, 1.82) is 0 Å². The maximum atomic E-state index is 12.0. The molecule has 0 radical (unpaired) electrons. The Morgan fingerprint density at radius 2 is 1.64 bits per heavy atom. The average Bonchev–Trinajstić information content (AvgIpc) is 2.60. The van der Waals surface area contributed by atoms with Gasteiger partial charge in [-0.25, -0.2) is 0 Å². The van der Waals surface area contributed by atoms with Gasteiger partial charge in [0, 0.05) is 25.3 Å². The third-order valence-corrected chi connectivity index (χ3v) is 3.45. The van der Waals surface area contributed by atoms with E-state index in [1.165, 1.54) is 4.90 Å². The zero-order valence-electron chi connectivity index (χ0n) is 14.3. The van der Waals surface area contributed by atoms with Gasteiger partial charge in [0.25, 0.3) is 5.91 Å². The molecule has 2 aromatic rings. The van der Waals surface area contributed by atoms with E-state index in [0.717, 1.165) is 5.56 Å². The summed E-state index contributed by atoms with van der Waals surface area (Å²) >= 11 is 0. The highest BCUT2D eigenvalue weighted by Crippen LogP contribution is 2.11. The lowest BCUT2D eigenvalue weighted by molar-refractivity contribution is -0.123. The maximum absolute atomic E-state index is 12.0. The predicted octanol–water partition coefficient (Wildman–Crippen LogP) is 1.69. The van der Waals surface area contributed by atoms with Crippen molar-refractivity contribution in [3.8, 4) is 0 Å². The molecule has 3 amide bonds. The molecule has 0 bridgehead atoms. The van der Waals surface area contributed by atoms with Gasteiger partial charge in [-0.1, -0.05) is 36.4 Å². The third-order valence-electron chi connectivity index (χ3n) is 3.45. The van der Waals surface area contributed by atoms with Crippen LogP contribution in [0.1, 0.15) is 15.9 Å². The van der Waals surface area contributed by atoms with Crippen LogP contribution in [0.15, 0.2) is 54.6 Å². The van der Waals surface area contributed by atoms with Crippen molar-refractivity contribution >= 4 is 23.4 Å². The second-order valence-electron chi connectivity index (χ2n) is 5.77. The van der Waals surface area contributed by atoms with E-state index in [4.69, 9.17) is 0 Å². The van der Waals surface area contributed by atoms with Gasteiger partial charge < -0.3 is 15.5 Å². The SMILES string of the molecule is CN(C)C(=O)c1cccc(NC(=O)CNC(=O)Cc2ccccc2)c1. The van der Waals surface area contributed by atoms with Crippen molar-refractivity contribution in [3.05, 3.63) is 65.7 Å². The summed E-state index contributed by atoms with van der Waals surface area (Å²) in [5.74, 6) is -0.721. The van der Waals surface area contributed by atoms with E-state index in [-0.39, 0.29) is 30.7 Å². The van der Waals surface area contributed by atoms with Crippen LogP contribution < -0.4 is 10.6 Å². The number of carbonyl (C=O) groups is 3. The predicted molar refractivity (Wildman–Crippen MR) is 96.2 cm³/mol.